The van der Waals surface area contributed by atoms with Crippen molar-refractivity contribution >= 4 is 5.78 Å². The van der Waals surface area contributed by atoms with Crippen LogP contribution in [-0.4, -0.2) is 15.6 Å². The van der Waals surface area contributed by atoms with Gasteiger partial charge in [0.15, 0.2) is 11.5 Å². The Labute approximate surface area is 203 Å². The molecular formula is C29H38N4O. The summed E-state index contributed by atoms with van der Waals surface area (Å²) in [6.07, 6.45) is 13.3. The third kappa shape index (κ3) is 3.45. The van der Waals surface area contributed by atoms with Gasteiger partial charge in [0.1, 0.15) is 24.4 Å². The lowest BCUT2D eigenvalue weighted by atomic mass is 9.48. The molecule has 5 aliphatic rings. The highest BCUT2D eigenvalue weighted by Crippen LogP contribution is 2.69. The largest absolute Gasteiger partial charge is 0.297 e. The minimum absolute atomic E-state index is 0.0643. The second kappa shape index (κ2) is 8.22. The van der Waals surface area contributed by atoms with Crippen molar-refractivity contribution in [2.24, 2.45) is 58.7 Å². The normalized spacial score (nSPS) is 43.2. The van der Waals surface area contributed by atoms with Crippen LogP contribution >= 0.6 is 0 Å². The maximum absolute atomic E-state index is 13.8. The molecular weight excluding hydrogens is 420 g/mol. The summed E-state index contributed by atoms with van der Waals surface area (Å²) in [5, 5.41) is 22.9. The van der Waals surface area contributed by atoms with Gasteiger partial charge in [-0.2, -0.15) is 15.6 Å². The molecule has 0 aromatic carbocycles. The number of carbonyl (C=O) groups is 1. The monoisotopic (exact) mass is 458 g/mol. The summed E-state index contributed by atoms with van der Waals surface area (Å²) in [6, 6.07) is 5.62. The van der Waals surface area contributed by atoms with Crippen LogP contribution in [0.1, 0.15) is 89.4 Å². The first-order valence-corrected chi connectivity index (χ1v) is 13.8. The van der Waals surface area contributed by atoms with Gasteiger partial charge in [0, 0.05) is 12.0 Å². The lowest BCUT2D eigenvalue weighted by Gasteiger charge is -2.57. The van der Waals surface area contributed by atoms with E-state index in [2.05, 4.69) is 25.0 Å². The molecule has 5 nitrogen and oxygen atoms in total. The average Bonchev–Trinajstić information content (AvgIpc) is 3.52. The molecule has 0 bridgehead atoms. The van der Waals surface area contributed by atoms with E-state index in [1.807, 2.05) is 6.07 Å². The van der Waals surface area contributed by atoms with E-state index in [1.54, 1.807) is 0 Å². The van der Waals surface area contributed by atoms with E-state index in [4.69, 9.17) is 0 Å². The topological polar surface area (TPSA) is 82.5 Å². The summed E-state index contributed by atoms with van der Waals surface area (Å²) in [5.41, 5.74) is 0.616. The Hall–Kier alpha value is -2.14. The third-order valence-corrected chi connectivity index (χ3v) is 11.2. The Morgan fingerprint density at radius 1 is 1.00 bits per heavy atom. The molecule has 180 valence electrons. The first-order chi connectivity index (χ1) is 16.4. The molecule has 1 aromatic rings. The average molecular weight is 459 g/mol. The first kappa shape index (κ1) is 22.3. The summed E-state index contributed by atoms with van der Waals surface area (Å²) in [4.78, 5) is 13.8. The fourth-order valence-corrected chi connectivity index (χ4v) is 9.71. The molecule has 6 rings (SSSR count). The summed E-state index contributed by atoms with van der Waals surface area (Å²) >= 11 is 0. The zero-order chi connectivity index (χ0) is 23.6. The maximum atomic E-state index is 13.8. The van der Waals surface area contributed by atoms with E-state index in [0.29, 0.717) is 17.5 Å². The van der Waals surface area contributed by atoms with Gasteiger partial charge < -0.3 is 0 Å². The molecule has 0 saturated heterocycles. The van der Waals surface area contributed by atoms with Gasteiger partial charge in [-0.15, -0.1) is 0 Å². The molecule has 9 atom stereocenters. The van der Waals surface area contributed by atoms with Crippen molar-refractivity contribution in [3.05, 3.63) is 17.5 Å². The van der Waals surface area contributed by atoms with E-state index in [0.717, 1.165) is 41.9 Å². The highest BCUT2D eigenvalue weighted by molar-refractivity contribution is 5.82. The van der Waals surface area contributed by atoms with Crippen LogP contribution in [-0.2, 0) is 11.3 Å². The second-order valence-corrected chi connectivity index (χ2v) is 12.9. The van der Waals surface area contributed by atoms with Crippen molar-refractivity contribution in [3.8, 4) is 12.1 Å². The van der Waals surface area contributed by atoms with Crippen LogP contribution < -0.4 is 0 Å². The molecule has 34 heavy (non-hydrogen) atoms. The molecule has 0 aliphatic heterocycles. The van der Waals surface area contributed by atoms with E-state index in [9.17, 15) is 15.3 Å². The summed E-state index contributed by atoms with van der Waals surface area (Å²) in [7, 11) is 0. The van der Waals surface area contributed by atoms with Crippen molar-refractivity contribution in [1.29, 1.82) is 10.5 Å². The lowest BCUT2D eigenvalue weighted by molar-refractivity contribution is -0.131. The van der Waals surface area contributed by atoms with Crippen molar-refractivity contribution in [2.45, 2.75) is 84.6 Å². The Morgan fingerprint density at radius 3 is 2.50 bits per heavy atom. The van der Waals surface area contributed by atoms with Gasteiger partial charge in [0.2, 0.25) is 0 Å². The van der Waals surface area contributed by atoms with E-state index in [-0.39, 0.29) is 29.4 Å². The van der Waals surface area contributed by atoms with Gasteiger partial charge in [0.25, 0.3) is 0 Å². The molecule has 5 aliphatic carbocycles. The SMILES string of the molecule is C[C@H]1CC[C@H]2[C@H](CC[C@@H]3[C@@H]2CC[C@@]2(C)[C@H]3[C@H](C3CC3)C[C@@H]2C(=O)Cn2nc(C#N)cc2C#N)C1. The number of hydrogen-bond donors (Lipinski definition) is 0. The number of nitrogens with zero attached hydrogens (tertiary/aromatic N) is 4. The van der Waals surface area contributed by atoms with Crippen LogP contribution in [0.2, 0.25) is 0 Å². The van der Waals surface area contributed by atoms with Crippen LogP contribution in [0.25, 0.3) is 0 Å². The first-order valence-electron chi connectivity index (χ1n) is 13.8. The molecule has 1 heterocycles. The Balaban J connectivity index is 1.27. The Bertz CT molecular complexity index is 1060. The molecule has 5 heteroatoms. The van der Waals surface area contributed by atoms with Crippen LogP contribution in [0.5, 0.6) is 0 Å². The van der Waals surface area contributed by atoms with Gasteiger partial charge in [-0.25, -0.2) is 4.68 Å². The summed E-state index contributed by atoms with van der Waals surface area (Å²) in [6.45, 7) is 5.03. The molecule has 0 amide bonds. The number of hydrogen-bond acceptors (Lipinski definition) is 4. The highest BCUT2D eigenvalue weighted by atomic mass is 16.1. The second-order valence-electron chi connectivity index (χ2n) is 12.9. The minimum atomic E-state index is 0.0643. The van der Waals surface area contributed by atoms with Crippen LogP contribution in [0, 0.1) is 81.3 Å². The van der Waals surface area contributed by atoms with Crippen molar-refractivity contribution in [3.63, 3.8) is 0 Å². The van der Waals surface area contributed by atoms with Gasteiger partial charge in [-0.3, -0.25) is 4.79 Å². The molecule has 5 fully saturated rings. The minimum Gasteiger partial charge on any atom is -0.297 e. The molecule has 0 N–H and O–H groups in total. The zero-order valence-corrected chi connectivity index (χ0v) is 20.7. The van der Waals surface area contributed by atoms with Crippen molar-refractivity contribution in [2.75, 3.05) is 0 Å². The zero-order valence-electron chi connectivity index (χ0n) is 20.7. The standard InChI is InChI=1S/C29H38N4O/c1-17-3-7-22-19(11-17)6-8-24-23(22)9-10-29(2)26(13-25(28(24)29)18-4-5-18)27(34)16-33-21(15-31)12-20(14-30)32-33/h12,17-19,22-26,28H,3-11,13,16H2,1-2H3/t17-,19+,22-,23+,24+,25-,26+,28+,29+/m0/s1. The van der Waals surface area contributed by atoms with Crippen molar-refractivity contribution in [1.82, 2.24) is 9.78 Å². The number of ketones is 1. The molecule has 0 radical (unpaired) electrons. The maximum Gasteiger partial charge on any atom is 0.163 e. The smallest absolute Gasteiger partial charge is 0.163 e. The van der Waals surface area contributed by atoms with Crippen LogP contribution in [0.4, 0.5) is 0 Å². The Morgan fingerprint density at radius 2 is 1.76 bits per heavy atom. The van der Waals surface area contributed by atoms with E-state index >= 15 is 0 Å². The lowest BCUT2D eigenvalue weighted by Crippen LogP contribution is -2.50. The molecule has 1 aromatic heterocycles. The number of carbonyl (C=O) groups excluding carboxylic acids is 1. The van der Waals surface area contributed by atoms with Gasteiger partial charge in [0.05, 0.1) is 0 Å². The summed E-state index contributed by atoms with van der Waals surface area (Å²) in [5.74, 6) is 7.00. The molecule has 0 unspecified atom stereocenters. The van der Waals surface area contributed by atoms with Gasteiger partial charge in [-0.1, -0.05) is 20.3 Å². The number of aromatic nitrogens is 2. The predicted molar refractivity (Wildman–Crippen MR) is 128 cm³/mol. The molecule has 0 spiro atoms. The summed E-state index contributed by atoms with van der Waals surface area (Å²) < 4.78 is 1.48. The van der Waals surface area contributed by atoms with Crippen LogP contribution in [0.15, 0.2) is 6.07 Å². The fraction of sp³-hybridized carbons (Fsp3) is 0.793. The van der Waals surface area contributed by atoms with E-state index in [1.165, 1.54) is 68.5 Å². The van der Waals surface area contributed by atoms with Crippen molar-refractivity contribution < 1.29 is 4.79 Å². The Kier molecular flexibility index (Phi) is 5.40. The number of fused-ring (bicyclic) bond motifs is 5. The number of Topliss-reactive ketones (excluding diaryl/α,β-unsaturated/α-hetero) is 1. The quantitative estimate of drug-likeness (QED) is 0.576. The number of rotatable bonds is 4. The third-order valence-electron chi connectivity index (χ3n) is 11.2. The highest BCUT2D eigenvalue weighted by Gasteiger charge is 2.63. The van der Waals surface area contributed by atoms with Crippen LogP contribution in [0.3, 0.4) is 0 Å². The van der Waals surface area contributed by atoms with E-state index < -0.39 is 0 Å². The predicted octanol–water partition coefficient (Wildman–Crippen LogP) is 5.74. The number of nitriles is 2. The fourth-order valence-electron chi connectivity index (χ4n) is 9.71. The molecule has 5 saturated carbocycles. The van der Waals surface area contributed by atoms with Gasteiger partial charge >= 0.3 is 0 Å². The van der Waals surface area contributed by atoms with Gasteiger partial charge in [-0.05, 0) is 111 Å².